The van der Waals surface area contributed by atoms with Gasteiger partial charge >= 0.3 is 0 Å². The minimum atomic E-state index is 0.220. The van der Waals surface area contributed by atoms with Crippen molar-refractivity contribution >= 4 is 0 Å². The molecule has 0 aromatic carbocycles. The van der Waals surface area contributed by atoms with E-state index in [0.29, 0.717) is 6.61 Å². The predicted molar refractivity (Wildman–Crippen MR) is 66.2 cm³/mol. The number of nitrogens with one attached hydrogen (secondary N) is 1. The topological polar surface area (TPSA) is 35.5 Å². The van der Waals surface area contributed by atoms with Gasteiger partial charge in [0.15, 0.2) is 0 Å². The first-order chi connectivity index (χ1) is 6.95. The number of rotatable bonds is 8. The number of aliphatic hydroxyl groups is 1. The second kappa shape index (κ2) is 8.08. The maximum Gasteiger partial charge on any atom is 0.0431 e. The molecule has 0 heterocycles. The highest BCUT2D eigenvalue weighted by molar-refractivity contribution is 4.70. The van der Waals surface area contributed by atoms with Gasteiger partial charge in [0.1, 0.15) is 0 Å². The van der Waals surface area contributed by atoms with Crippen molar-refractivity contribution in [1.82, 2.24) is 10.2 Å². The second-order valence-corrected chi connectivity index (χ2v) is 5.26. The molecular weight excluding hydrogens is 188 g/mol. The van der Waals surface area contributed by atoms with E-state index in [2.05, 4.69) is 38.0 Å². The minimum Gasteiger partial charge on any atom is -0.396 e. The van der Waals surface area contributed by atoms with E-state index in [4.69, 9.17) is 5.11 Å². The molecule has 0 rings (SSSR count). The fourth-order valence-electron chi connectivity index (χ4n) is 1.40. The molecule has 2 N–H and O–H groups in total. The average Bonchev–Trinajstić information content (AvgIpc) is 2.10. The zero-order valence-corrected chi connectivity index (χ0v) is 10.8. The van der Waals surface area contributed by atoms with E-state index in [1.54, 1.807) is 0 Å². The van der Waals surface area contributed by atoms with Gasteiger partial charge < -0.3 is 15.3 Å². The van der Waals surface area contributed by atoms with Gasteiger partial charge in [0.05, 0.1) is 0 Å². The standard InChI is InChI=1S/C12H28N2O/c1-12(2,3)13-8-10-14(4)9-6-5-7-11-15/h13,15H,5-11H2,1-4H3. The van der Waals surface area contributed by atoms with Gasteiger partial charge in [-0.05, 0) is 53.6 Å². The van der Waals surface area contributed by atoms with Crippen LogP contribution in [0.15, 0.2) is 0 Å². The Hall–Kier alpha value is -0.120. The Bertz CT molecular complexity index is 143. The van der Waals surface area contributed by atoms with Crippen molar-refractivity contribution in [2.45, 2.75) is 45.6 Å². The highest BCUT2D eigenvalue weighted by atomic mass is 16.2. The molecule has 0 aromatic heterocycles. The minimum absolute atomic E-state index is 0.220. The van der Waals surface area contributed by atoms with Gasteiger partial charge in [-0.1, -0.05) is 0 Å². The Balaban J connectivity index is 3.29. The molecule has 0 aliphatic heterocycles. The van der Waals surface area contributed by atoms with Crippen LogP contribution >= 0.6 is 0 Å². The first-order valence-electron chi connectivity index (χ1n) is 6.00. The monoisotopic (exact) mass is 216 g/mol. The van der Waals surface area contributed by atoms with Crippen molar-refractivity contribution in [3.05, 3.63) is 0 Å². The van der Waals surface area contributed by atoms with Crippen molar-refractivity contribution in [2.24, 2.45) is 0 Å². The summed E-state index contributed by atoms with van der Waals surface area (Å²) in [5, 5.41) is 12.1. The Kier molecular flexibility index (Phi) is 8.02. The zero-order chi connectivity index (χ0) is 11.7. The number of aliphatic hydroxyl groups excluding tert-OH is 1. The highest BCUT2D eigenvalue weighted by Crippen LogP contribution is 1.99. The molecule has 15 heavy (non-hydrogen) atoms. The van der Waals surface area contributed by atoms with Gasteiger partial charge in [0.25, 0.3) is 0 Å². The molecule has 3 heteroatoms. The lowest BCUT2D eigenvalue weighted by Crippen LogP contribution is -2.40. The number of nitrogens with zero attached hydrogens (tertiary/aromatic N) is 1. The van der Waals surface area contributed by atoms with Crippen LogP contribution in [0.4, 0.5) is 0 Å². The summed E-state index contributed by atoms with van der Waals surface area (Å²) in [7, 11) is 2.16. The fourth-order valence-corrected chi connectivity index (χ4v) is 1.40. The third-order valence-electron chi connectivity index (χ3n) is 2.35. The average molecular weight is 216 g/mol. The summed E-state index contributed by atoms with van der Waals surface area (Å²) in [6.07, 6.45) is 3.26. The number of likely N-dealkylation sites (N-methyl/N-ethyl adjacent to an activating group) is 1. The quantitative estimate of drug-likeness (QED) is 0.603. The molecule has 0 amide bonds. The number of hydrogen-bond acceptors (Lipinski definition) is 3. The predicted octanol–water partition coefficient (Wildman–Crippen LogP) is 1.47. The van der Waals surface area contributed by atoms with Crippen molar-refractivity contribution < 1.29 is 5.11 Å². The van der Waals surface area contributed by atoms with E-state index in [1.165, 1.54) is 6.42 Å². The van der Waals surface area contributed by atoms with E-state index in [9.17, 15) is 0 Å². The lowest BCUT2D eigenvalue weighted by molar-refractivity contribution is 0.269. The molecule has 0 unspecified atom stereocenters. The summed E-state index contributed by atoms with van der Waals surface area (Å²) in [6.45, 7) is 10.2. The fraction of sp³-hybridized carbons (Fsp3) is 1.00. The van der Waals surface area contributed by atoms with Crippen LogP contribution in [0.25, 0.3) is 0 Å². The molecule has 0 atom stereocenters. The maximum absolute atomic E-state index is 8.64. The third kappa shape index (κ3) is 11.8. The molecule has 0 aliphatic carbocycles. The normalized spacial score (nSPS) is 12.4. The summed E-state index contributed by atoms with van der Waals surface area (Å²) < 4.78 is 0. The molecule has 0 saturated carbocycles. The molecular formula is C12H28N2O. The molecule has 92 valence electrons. The Morgan fingerprint density at radius 3 is 2.27 bits per heavy atom. The molecule has 0 fully saturated rings. The van der Waals surface area contributed by atoms with Crippen LogP contribution in [0, 0.1) is 0 Å². The SMILES string of the molecule is CN(CCCCCO)CCNC(C)(C)C. The van der Waals surface area contributed by atoms with Crippen LogP contribution in [0.2, 0.25) is 0 Å². The Morgan fingerprint density at radius 2 is 1.73 bits per heavy atom. The summed E-state index contributed by atoms with van der Waals surface area (Å²) in [6, 6.07) is 0. The van der Waals surface area contributed by atoms with E-state index in [-0.39, 0.29) is 5.54 Å². The first kappa shape index (κ1) is 14.9. The summed E-state index contributed by atoms with van der Waals surface area (Å²) in [5.41, 5.74) is 0.220. The molecule has 0 aromatic rings. The van der Waals surface area contributed by atoms with Gasteiger partial charge in [0, 0.05) is 25.2 Å². The first-order valence-corrected chi connectivity index (χ1v) is 6.00. The molecule has 0 spiro atoms. The lowest BCUT2D eigenvalue weighted by Gasteiger charge is -2.23. The van der Waals surface area contributed by atoms with E-state index in [1.807, 2.05) is 0 Å². The maximum atomic E-state index is 8.64. The van der Waals surface area contributed by atoms with Gasteiger partial charge in [-0.2, -0.15) is 0 Å². The third-order valence-corrected chi connectivity index (χ3v) is 2.35. The summed E-state index contributed by atoms with van der Waals surface area (Å²) in [4.78, 5) is 2.34. The van der Waals surface area contributed by atoms with E-state index < -0.39 is 0 Å². The van der Waals surface area contributed by atoms with E-state index in [0.717, 1.165) is 32.5 Å². The van der Waals surface area contributed by atoms with Gasteiger partial charge in [0.2, 0.25) is 0 Å². The van der Waals surface area contributed by atoms with Crippen LogP contribution in [0.3, 0.4) is 0 Å². The number of hydrogen-bond donors (Lipinski definition) is 2. The molecule has 0 bridgehead atoms. The molecule has 0 radical (unpaired) electrons. The second-order valence-electron chi connectivity index (χ2n) is 5.26. The lowest BCUT2D eigenvalue weighted by atomic mass is 10.1. The van der Waals surface area contributed by atoms with Gasteiger partial charge in [-0.25, -0.2) is 0 Å². The Labute approximate surface area is 94.9 Å². The summed E-state index contributed by atoms with van der Waals surface area (Å²) >= 11 is 0. The molecule has 3 nitrogen and oxygen atoms in total. The van der Waals surface area contributed by atoms with Crippen molar-refractivity contribution in [2.75, 3.05) is 33.3 Å². The van der Waals surface area contributed by atoms with Crippen molar-refractivity contribution in [1.29, 1.82) is 0 Å². The van der Waals surface area contributed by atoms with Crippen LogP contribution in [0.1, 0.15) is 40.0 Å². The molecule has 0 saturated heterocycles. The zero-order valence-electron chi connectivity index (χ0n) is 10.8. The molecule has 0 aliphatic rings. The van der Waals surface area contributed by atoms with Crippen molar-refractivity contribution in [3.63, 3.8) is 0 Å². The van der Waals surface area contributed by atoms with Crippen LogP contribution in [0.5, 0.6) is 0 Å². The van der Waals surface area contributed by atoms with Crippen molar-refractivity contribution in [3.8, 4) is 0 Å². The van der Waals surface area contributed by atoms with Gasteiger partial charge in [-0.15, -0.1) is 0 Å². The van der Waals surface area contributed by atoms with Crippen LogP contribution in [-0.2, 0) is 0 Å². The van der Waals surface area contributed by atoms with E-state index >= 15 is 0 Å². The smallest absolute Gasteiger partial charge is 0.0431 e. The number of unbranched alkanes of at least 4 members (excludes halogenated alkanes) is 2. The Morgan fingerprint density at radius 1 is 1.07 bits per heavy atom. The van der Waals surface area contributed by atoms with Gasteiger partial charge in [-0.3, -0.25) is 0 Å². The summed E-state index contributed by atoms with van der Waals surface area (Å²) in [5.74, 6) is 0. The largest absolute Gasteiger partial charge is 0.396 e. The van der Waals surface area contributed by atoms with Crippen LogP contribution in [-0.4, -0.2) is 48.8 Å². The highest BCUT2D eigenvalue weighted by Gasteiger charge is 2.08. The van der Waals surface area contributed by atoms with Crippen LogP contribution < -0.4 is 5.32 Å².